The van der Waals surface area contributed by atoms with Crippen molar-refractivity contribution in [1.29, 1.82) is 0 Å². The van der Waals surface area contributed by atoms with Crippen LogP contribution in [0.1, 0.15) is 39.5 Å². The molecule has 0 heterocycles. The lowest BCUT2D eigenvalue weighted by Crippen LogP contribution is -2.43. The number of rotatable bonds is 3. The minimum atomic E-state index is 0.204. The molecule has 1 amide bonds. The van der Waals surface area contributed by atoms with Crippen LogP contribution in [0.4, 0.5) is 0 Å². The van der Waals surface area contributed by atoms with Crippen LogP contribution in [0.3, 0.4) is 0 Å². The molecule has 2 heteroatoms. The Balaban J connectivity index is 2.39. The molecule has 0 aromatic carbocycles. The van der Waals surface area contributed by atoms with Gasteiger partial charge >= 0.3 is 0 Å². The standard InChI is InChI=1S/C10H19NO/c1-4-8(2)10(12)11(3)9-6-5-7-9/h8-9H,4-7H2,1-3H3/t8-/m1/s1. The Kier molecular flexibility index (Phi) is 3.12. The van der Waals surface area contributed by atoms with E-state index in [1.165, 1.54) is 19.3 Å². The molecule has 0 unspecified atom stereocenters. The van der Waals surface area contributed by atoms with E-state index >= 15 is 0 Å². The topological polar surface area (TPSA) is 20.3 Å². The molecule has 0 radical (unpaired) electrons. The minimum Gasteiger partial charge on any atom is -0.343 e. The highest BCUT2D eigenvalue weighted by Gasteiger charge is 2.27. The van der Waals surface area contributed by atoms with Crippen LogP contribution in [-0.2, 0) is 4.79 Å². The predicted octanol–water partition coefficient (Wildman–Crippen LogP) is 2.04. The first-order valence-electron chi connectivity index (χ1n) is 4.93. The van der Waals surface area contributed by atoms with Gasteiger partial charge in [-0.1, -0.05) is 13.8 Å². The second-order valence-corrected chi connectivity index (χ2v) is 3.84. The Hall–Kier alpha value is -0.530. The quantitative estimate of drug-likeness (QED) is 0.633. The average molecular weight is 169 g/mol. The summed E-state index contributed by atoms with van der Waals surface area (Å²) in [4.78, 5) is 13.6. The molecule has 0 saturated heterocycles. The molecule has 1 rings (SSSR count). The molecule has 2 nitrogen and oxygen atoms in total. The number of nitrogens with zero attached hydrogens (tertiary/aromatic N) is 1. The summed E-state index contributed by atoms with van der Waals surface area (Å²) in [5.74, 6) is 0.526. The Bertz CT molecular complexity index is 163. The van der Waals surface area contributed by atoms with Gasteiger partial charge in [0.2, 0.25) is 5.91 Å². The van der Waals surface area contributed by atoms with Gasteiger partial charge in [-0.05, 0) is 25.7 Å². The summed E-state index contributed by atoms with van der Waals surface area (Å²) in [7, 11) is 1.94. The fourth-order valence-electron chi connectivity index (χ4n) is 1.48. The van der Waals surface area contributed by atoms with E-state index in [0.29, 0.717) is 11.9 Å². The summed E-state index contributed by atoms with van der Waals surface area (Å²) in [6.07, 6.45) is 4.66. The number of amides is 1. The van der Waals surface area contributed by atoms with Crippen molar-refractivity contribution in [3.63, 3.8) is 0 Å². The van der Waals surface area contributed by atoms with Gasteiger partial charge in [0, 0.05) is 19.0 Å². The maximum atomic E-state index is 11.6. The maximum Gasteiger partial charge on any atom is 0.225 e. The summed E-state index contributed by atoms with van der Waals surface area (Å²) in [6, 6.07) is 0.548. The molecular weight excluding hydrogens is 150 g/mol. The highest BCUT2D eigenvalue weighted by molar-refractivity contribution is 5.78. The van der Waals surface area contributed by atoms with Crippen LogP contribution in [0.5, 0.6) is 0 Å². The average Bonchev–Trinajstić information content (AvgIpc) is 1.98. The number of carbonyl (C=O) groups is 1. The molecule has 0 aliphatic heterocycles. The minimum absolute atomic E-state index is 0.204. The van der Waals surface area contributed by atoms with Crippen molar-refractivity contribution in [1.82, 2.24) is 4.90 Å². The molecule has 12 heavy (non-hydrogen) atoms. The molecule has 0 spiro atoms. The predicted molar refractivity (Wildman–Crippen MR) is 49.9 cm³/mol. The summed E-state index contributed by atoms with van der Waals surface area (Å²) in [5, 5.41) is 0. The molecular formula is C10H19NO. The second-order valence-electron chi connectivity index (χ2n) is 3.84. The van der Waals surface area contributed by atoms with Gasteiger partial charge in [-0.15, -0.1) is 0 Å². The lowest BCUT2D eigenvalue weighted by molar-refractivity contribution is -0.137. The smallest absolute Gasteiger partial charge is 0.225 e. The number of carbonyl (C=O) groups excluding carboxylic acids is 1. The Morgan fingerprint density at radius 1 is 1.58 bits per heavy atom. The fraction of sp³-hybridized carbons (Fsp3) is 0.900. The zero-order valence-electron chi connectivity index (χ0n) is 8.34. The molecule has 1 aliphatic carbocycles. The molecule has 70 valence electrons. The third-order valence-electron chi connectivity index (χ3n) is 3.00. The van der Waals surface area contributed by atoms with Crippen molar-refractivity contribution in [2.75, 3.05) is 7.05 Å². The molecule has 0 aromatic rings. The first-order valence-corrected chi connectivity index (χ1v) is 4.93. The van der Waals surface area contributed by atoms with Gasteiger partial charge < -0.3 is 4.90 Å². The molecule has 0 bridgehead atoms. The lowest BCUT2D eigenvalue weighted by atomic mass is 9.91. The molecule has 0 aromatic heterocycles. The summed E-state index contributed by atoms with van der Waals surface area (Å²) < 4.78 is 0. The third kappa shape index (κ3) is 1.79. The van der Waals surface area contributed by atoms with E-state index in [1.54, 1.807) is 0 Å². The summed E-state index contributed by atoms with van der Waals surface area (Å²) >= 11 is 0. The van der Waals surface area contributed by atoms with Crippen molar-refractivity contribution in [2.45, 2.75) is 45.6 Å². The van der Waals surface area contributed by atoms with Crippen molar-refractivity contribution in [3.05, 3.63) is 0 Å². The van der Waals surface area contributed by atoms with Gasteiger partial charge in [0.15, 0.2) is 0 Å². The monoisotopic (exact) mass is 169 g/mol. The Morgan fingerprint density at radius 3 is 2.50 bits per heavy atom. The van der Waals surface area contributed by atoms with Crippen LogP contribution in [0.15, 0.2) is 0 Å². The van der Waals surface area contributed by atoms with Gasteiger partial charge in [0.25, 0.3) is 0 Å². The SMILES string of the molecule is CC[C@@H](C)C(=O)N(C)C1CCC1. The van der Waals surface area contributed by atoms with E-state index in [9.17, 15) is 4.79 Å². The van der Waals surface area contributed by atoms with Crippen molar-refractivity contribution in [2.24, 2.45) is 5.92 Å². The maximum absolute atomic E-state index is 11.6. The van der Waals surface area contributed by atoms with Crippen LogP contribution in [0, 0.1) is 5.92 Å². The van der Waals surface area contributed by atoms with Crippen LogP contribution < -0.4 is 0 Å². The zero-order valence-corrected chi connectivity index (χ0v) is 8.34. The largest absolute Gasteiger partial charge is 0.343 e. The van der Waals surface area contributed by atoms with Gasteiger partial charge in [0.05, 0.1) is 0 Å². The number of hydrogen-bond donors (Lipinski definition) is 0. The van der Waals surface area contributed by atoms with E-state index in [1.807, 2.05) is 18.9 Å². The van der Waals surface area contributed by atoms with Crippen molar-refractivity contribution >= 4 is 5.91 Å². The van der Waals surface area contributed by atoms with Crippen molar-refractivity contribution in [3.8, 4) is 0 Å². The van der Waals surface area contributed by atoms with Crippen LogP contribution in [0.2, 0.25) is 0 Å². The van der Waals surface area contributed by atoms with E-state index in [0.717, 1.165) is 6.42 Å². The Labute approximate surface area is 74.9 Å². The third-order valence-corrected chi connectivity index (χ3v) is 3.00. The van der Waals surface area contributed by atoms with Crippen LogP contribution in [-0.4, -0.2) is 23.9 Å². The fourth-order valence-corrected chi connectivity index (χ4v) is 1.48. The zero-order chi connectivity index (χ0) is 9.14. The van der Waals surface area contributed by atoms with Gasteiger partial charge in [-0.25, -0.2) is 0 Å². The van der Waals surface area contributed by atoms with E-state index in [2.05, 4.69) is 6.92 Å². The Morgan fingerprint density at radius 2 is 2.17 bits per heavy atom. The van der Waals surface area contributed by atoms with E-state index in [-0.39, 0.29) is 5.92 Å². The molecule has 1 atom stereocenters. The highest BCUT2D eigenvalue weighted by Crippen LogP contribution is 2.24. The van der Waals surface area contributed by atoms with E-state index < -0.39 is 0 Å². The molecule has 0 N–H and O–H groups in total. The molecule has 1 fully saturated rings. The van der Waals surface area contributed by atoms with Gasteiger partial charge in [0.1, 0.15) is 0 Å². The molecule has 1 saturated carbocycles. The van der Waals surface area contributed by atoms with Crippen molar-refractivity contribution < 1.29 is 4.79 Å². The first-order chi connectivity index (χ1) is 5.66. The summed E-state index contributed by atoms with van der Waals surface area (Å²) in [6.45, 7) is 4.08. The second kappa shape index (κ2) is 3.92. The van der Waals surface area contributed by atoms with Gasteiger partial charge in [-0.3, -0.25) is 4.79 Å². The molecule has 1 aliphatic rings. The van der Waals surface area contributed by atoms with Gasteiger partial charge in [-0.2, -0.15) is 0 Å². The first kappa shape index (κ1) is 9.56. The van der Waals surface area contributed by atoms with Crippen LogP contribution >= 0.6 is 0 Å². The lowest BCUT2D eigenvalue weighted by Gasteiger charge is -2.36. The number of hydrogen-bond acceptors (Lipinski definition) is 1. The highest BCUT2D eigenvalue weighted by atomic mass is 16.2. The summed E-state index contributed by atoms with van der Waals surface area (Å²) in [5.41, 5.74) is 0. The van der Waals surface area contributed by atoms with Crippen LogP contribution in [0.25, 0.3) is 0 Å². The normalized spacial score (nSPS) is 19.9. The van der Waals surface area contributed by atoms with E-state index in [4.69, 9.17) is 0 Å².